The smallest absolute Gasteiger partial charge is 0.292 e. The van der Waals surface area contributed by atoms with Crippen LogP contribution in [-0.4, -0.2) is 14.5 Å². The van der Waals surface area contributed by atoms with E-state index in [0.29, 0.717) is 12.3 Å². The molecule has 0 amide bonds. The van der Waals surface area contributed by atoms with Crippen LogP contribution in [0, 0.1) is 5.82 Å². The van der Waals surface area contributed by atoms with Crippen molar-refractivity contribution in [1.29, 1.82) is 0 Å². The zero-order chi connectivity index (χ0) is 18.6. The van der Waals surface area contributed by atoms with Crippen LogP contribution in [0.4, 0.5) is 4.39 Å². The summed E-state index contributed by atoms with van der Waals surface area (Å²) in [5, 5.41) is 0.824. The van der Waals surface area contributed by atoms with E-state index in [1.807, 2.05) is 16.7 Å². The van der Waals surface area contributed by atoms with E-state index in [-0.39, 0.29) is 11.5 Å². The Morgan fingerprint density at radius 1 is 1.00 bits per heavy atom. The van der Waals surface area contributed by atoms with Gasteiger partial charge in [0.25, 0.3) is 0 Å². The molecule has 0 N–H and O–H groups in total. The van der Waals surface area contributed by atoms with Crippen LogP contribution < -0.4 is 5.69 Å². The Balaban J connectivity index is 1.64. The van der Waals surface area contributed by atoms with E-state index < -0.39 is 0 Å². The zero-order valence-corrected chi connectivity index (χ0v) is 15.7. The molecule has 4 rings (SSSR count). The van der Waals surface area contributed by atoms with Gasteiger partial charge in [0.05, 0.1) is 6.54 Å². The van der Waals surface area contributed by atoms with Crippen molar-refractivity contribution >= 4 is 11.8 Å². The summed E-state index contributed by atoms with van der Waals surface area (Å²) < 4.78 is 14.9. The van der Waals surface area contributed by atoms with Crippen molar-refractivity contribution in [1.82, 2.24) is 14.5 Å². The molecule has 27 heavy (non-hydrogen) atoms. The second kappa shape index (κ2) is 8.05. The van der Waals surface area contributed by atoms with Gasteiger partial charge in [0.15, 0.2) is 0 Å². The van der Waals surface area contributed by atoms with Crippen molar-refractivity contribution in [2.75, 3.05) is 0 Å². The van der Waals surface area contributed by atoms with E-state index in [0.717, 1.165) is 47.5 Å². The number of halogens is 1. The average Bonchev–Trinajstić information content (AvgIpc) is 2.71. The van der Waals surface area contributed by atoms with E-state index >= 15 is 0 Å². The van der Waals surface area contributed by atoms with E-state index in [2.05, 4.69) is 9.97 Å². The van der Waals surface area contributed by atoms with Crippen LogP contribution >= 0.6 is 11.8 Å². The molecule has 0 spiro atoms. The predicted octanol–water partition coefficient (Wildman–Crippen LogP) is 4.00. The van der Waals surface area contributed by atoms with E-state index in [1.54, 1.807) is 36.3 Å². The van der Waals surface area contributed by atoms with Gasteiger partial charge < -0.3 is 0 Å². The van der Waals surface area contributed by atoms with Crippen molar-refractivity contribution in [3.63, 3.8) is 0 Å². The van der Waals surface area contributed by atoms with Gasteiger partial charge >= 0.3 is 5.69 Å². The molecule has 2 aromatic heterocycles. The van der Waals surface area contributed by atoms with Crippen LogP contribution in [0.2, 0.25) is 0 Å². The zero-order valence-electron chi connectivity index (χ0n) is 14.9. The summed E-state index contributed by atoms with van der Waals surface area (Å²) in [6, 6.07) is 10.3. The van der Waals surface area contributed by atoms with Gasteiger partial charge in [-0.05, 0) is 61.1 Å². The normalized spacial score (nSPS) is 13.4. The highest BCUT2D eigenvalue weighted by Gasteiger charge is 2.20. The molecule has 1 aliphatic carbocycles. The van der Waals surface area contributed by atoms with Gasteiger partial charge in [0, 0.05) is 29.4 Å². The first-order valence-electron chi connectivity index (χ1n) is 9.09. The van der Waals surface area contributed by atoms with Crippen LogP contribution in [-0.2, 0) is 25.1 Å². The third-order valence-electron chi connectivity index (χ3n) is 4.83. The topological polar surface area (TPSA) is 47.8 Å². The lowest BCUT2D eigenvalue weighted by atomic mass is 9.97. The predicted molar refractivity (Wildman–Crippen MR) is 104 cm³/mol. The Hall–Kier alpha value is -2.47. The highest BCUT2D eigenvalue weighted by molar-refractivity contribution is 7.98. The Morgan fingerprint density at radius 2 is 1.74 bits per heavy atom. The molecule has 0 bridgehead atoms. The number of hydrogen-bond acceptors (Lipinski definition) is 4. The van der Waals surface area contributed by atoms with Crippen molar-refractivity contribution in [3.8, 4) is 0 Å². The molecule has 0 unspecified atom stereocenters. The minimum Gasteiger partial charge on any atom is -0.292 e. The molecule has 6 heteroatoms. The number of aromatic nitrogens is 3. The lowest BCUT2D eigenvalue weighted by Crippen LogP contribution is -2.30. The van der Waals surface area contributed by atoms with Crippen molar-refractivity contribution in [2.45, 2.75) is 43.0 Å². The first kappa shape index (κ1) is 17.9. The maximum Gasteiger partial charge on any atom is 0.349 e. The number of benzene rings is 1. The number of nitrogens with zero attached hydrogens (tertiary/aromatic N) is 3. The molecular weight excluding hydrogens is 361 g/mol. The van der Waals surface area contributed by atoms with Gasteiger partial charge in [0.1, 0.15) is 10.8 Å². The van der Waals surface area contributed by atoms with Gasteiger partial charge in [-0.15, -0.1) is 11.8 Å². The van der Waals surface area contributed by atoms with Gasteiger partial charge in [-0.25, -0.2) is 9.18 Å². The first-order valence-corrected chi connectivity index (χ1v) is 10.1. The number of pyridine rings is 1. The van der Waals surface area contributed by atoms with E-state index in [1.165, 1.54) is 17.7 Å². The second-order valence-electron chi connectivity index (χ2n) is 6.69. The molecule has 0 fully saturated rings. The first-order chi connectivity index (χ1) is 13.2. The summed E-state index contributed by atoms with van der Waals surface area (Å²) in [6.07, 6.45) is 7.55. The third-order valence-corrected chi connectivity index (χ3v) is 5.92. The minimum absolute atomic E-state index is 0.200. The lowest BCUT2D eigenvalue weighted by molar-refractivity contribution is 0.569. The molecule has 0 aliphatic heterocycles. The summed E-state index contributed by atoms with van der Waals surface area (Å²) in [4.78, 5) is 21.2. The SMILES string of the molecule is O=c1nc(SCc2ccc(F)cc2)c2c(n1Cc1ccncc1)CCCC2. The van der Waals surface area contributed by atoms with Gasteiger partial charge in [-0.1, -0.05) is 12.1 Å². The largest absolute Gasteiger partial charge is 0.349 e. The summed E-state index contributed by atoms with van der Waals surface area (Å²) in [6.45, 7) is 0.527. The van der Waals surface area contributed by atoms with Crippen LogP contribution in [0.15, 0.2) is 58.6 Å². The maximum absolute atomic E-state index is 13.1. The molecular formula is C21H20FN3OS. The van der Waals surface area contributed by atoms with Crippen LogP contribution in [0.5, 0.6) is 0 Å². The molecule has 0 saturated carbocycles. The number of rotatable bonds is 5. The molecule has 1 aliphatic rings. The molecule has 0 radical (unpaired) electrons. The molecule has 0 atom stereocenters. The number of fused-ring (bicyclic) bond motifs is 1. The number of thioether (sulfide) groups is 1. The number of hydrogen-bond donors (Lipinski definition) is 0. The van der Waals surface area contributed by atoms with Crippen LogP contribution in [0.3, 0.4) is 0 Å². The van der Waals surface area contributed by atoms with Crippen LogP contribution in [0.1, 0.15) is 35.2 Å². The molecule has 138 valence electrons. The summed E-state index contributed by atoms with van der Waals surface area (Å²) >= 11 is 1.57. The Kier molecular flexibility index (Phi) is 5.34. The highest BCUT2D eigenvalue weighted by atomic mass is 32.2. The average molecular weight is 381 g/mol. The molecule has 4 nitrogen and oxygen atoms in total. The monoisotopic (exact) mass is 381 g/mol. The fourth-order valence-corrected chi connectivity index (χ4v) is 4.47. The van der Waals surface area contributed by atoms with E-state index in [4.69, 9.17) is 0 Å². The Labute approximate surface area is 161 Å². The van der Waals surface area contributed by atoms with Crippen LogP contribution in [0.25, 0.3) is 0 Å². The summed E-state index contributed by atoms with van der Waals surface area (Å²) in [5.41, 5.74) is 4.18. The van der Waals surface area contributed by atoms with Crippen molar-refractivity contribution < 1.29 is 4.39 Å². The maximum atomic E-state index is 13.1. The second-order valence-corrected chi connectivity index (χ2v) is 7.65. The highest BCUT2D eigenvalue weighted by Crippen LogP contribution is 2.30. The standard InChI is InChI=1S/C21H20FN3OS/c22-17-7-5-16(6-8-17)14-27-20-18-3-1-2-4-19(18)25(21(26)24-20)13-15-9-11-23-12-10-15/h5-12H,1-4,13-14H2. The molecule has 0 saturated heterocycles. The lowest BCUT2D eigenvalue weighted by Gasteiger charge is -2.22. The Morgan fingerprint density at radius 3 is 2.52 bits per heavy atom. The third kappa shape index (κ3) is 4.11. The van der Waals surface area contributed by atoms with Crippen molar-refractivity contribution in [3.05, 3.63) is 87.5 Å². The quantitative estimate of drug-likeness (QED) is 0.495. The van der Waals surface area contributed by atoms with Gasteiger partial charge in [-0.3, -0.25) is 9.55 Å². The molecule has 3 aromatic rings. The van der Waals surface area contributed by atoms with Gasteiger partial charge in [0.2, 0.25) is 0 Å². The van der Waals surface area contributed by atoms with Crippen molar-refractivity contribution in [2.24, 2.45) is 0 Å². The molecule has 2 heterocycles. The summed E-state index contributed by atoms with van der Waals surface area (Å²) in [5.74, 6) is 0.436. The van der Waals surface area contributed by atoms with Gasteiger partial charge in [-0.2, -0.15) is 4.98 Å². The minimum atomic E-state index is -0.238. The summed E-state index contributed by atoms with van der Waals surface area (Å²) in [7, 11) is 0. The van der Waals surface area contributed by atoms with E-state index in [9.17, 15) is 9.18 Å². The fourth-order valence-electron chi connectivity index (χ4n) is 3.43. The molecule has 1 aromatic carbocycles. The fraction of sp³-hybridized carbons (Fsp3) is 0.286. The Bertz CT molecular complexity index is 987.